The first-order valence-electron chi connectivity index (χ1n) is 4.82. The van der Waals surface area contributed by atoms with Crippen LogP contribution in [0.2, 0.25) is 5.15 Å². The molecular weight excluding hydrogens is 284 g/mol. The number of nitrogens with one attached hydrogen (secondary N) is 2. The lowest BCUT2D eigenvalue weighted by atomic mass is 10.6. The summed E-state index contributed by atoms with van der Waals surface area (Å²) in [5.74, 6) is -0.0196. The standard InChI is InChI=1S/C8H13ClN4O4S/c1-16-4-3-10-18(14,15)13-8-11-6(9)5-7(12-8)17-2/h5,10H,3-4H2,1-2H3,(H,11,12,13). The molecule has 0 spiro atoms. The Bertz CT molecular complexity index is 496. The van der Waals surface area contributed by atoms with Crippen molar-refractivity contribution < 1.29 is 17.9 Å². The van der Waals surface area contributed by atoms with Crippen LogP contribution in [0.25, 0.3) is 0 Å². The third kappa shape index (κ3) is 5.00. The Morgan fingerprint density at radius 3 is 2.72 bits per heavy atom. The molecule has 0 aliphatic rings. The van der Waals surface area contributed by atoms with Crippen molar-refractivity contribution in [3.63, 3.8) is 0 Å². The third-order valence-corrected chi connectivity index (χ3v) is 2.93. The maximum Gasteiger partial charge on any atom is 0.301 e. The summed E-state index contributed by atoms with van der Waals surface area (Å²) in [6.45, 7) is 0.379. The summed E-state index contributed by atoms with van der Waals surface area (Å²) < 4.78 is 37.0. The fourth-order valence-electron chi connectivity index (χ4n) is 0.982. The fraction of sp³-hybridized carbons (Fsp3) is 0.500. The van der Waals surface area contributed by atoms with Gasteiger partial charge >= 0.3 is 10.2 Å². The van der Waals surface area contributed by atoms with E-state index in [1.54, 1.807) is 0 Å². The number of hydrogen-bond acceptors (Lipinski definition) is 6. The largest absolute Gasteiger partial charge is 0.481 e. The molecule has 0 unspecified atom stereocenters. The molecule has 0 fully saturated rings. The number of hydrogen-bond donors (Lipinski definition) is 2. The van der Waals surface area contributed by atoms with Crippen LogP contribution >= 0.6 is 11.6 Å². The summed E-state index contributed by atoms with van der Waals surface area (Å²) in [5, 5.41) is 0.0661. The van der Waals surface area contributed by atoms with Crippen LogP contribution in [0.1, 0.15) is 0 Å². The highest BCUT2D eigenvalue weighted by molar-refractivity contribution is 7.90. The van der Waals surface area contributed by atoms with Crippen molar-refractivity contribution in [2.45, 2.75) is 0 Å². The number of ether oxygens (including phenoxy) is 2. The van der Waals surface area contributed by atoms with Gasteiger partial charge in [0.25, 0.3) is 0 Å². The maximum atomic E-state index is 11.5. The Hall–Kier alpha value is -1.16. The van der Waals surface area contributed by atoms with E-state index >= 15 is 0 Å². The van der Waals surface area contributed by atoms with Crippen LogP contribution in [0.15, 0.2) is 6.07 Å². The van der Waals surface area contributed by atoms with Crippen molar-refractivity contribution in [2.24, 2.45) is 0 Å². The maximum absolute atomic E-state index is 11.5. The first-order chi connectivity index (χ1) is 8.46. The van der Waals surface area contributed by atoms with Gasteiger partial charge in [0.05, 0.1) is 13.7 Å². The molecule has 8 nitrogen and oxygen atoms in total. The zero-order valence-corrected chi connectivity index (χ0v) is 11.4. The Kier molecular flexibility index (Phi) is 5.54. The van der Waals surface area contributed by atoms with Crippen LogP contribution in [0.4, 0.5) is 5.95 Å². The van der Waals surface area contributed by atoms with Gasteiger partial charge in [0.1, 0.15) is 5.15 Å². The molecule has 0 atom stereocenters. The summed E-state index contributed by atoms with van der Waals surface area (Å²) in [6.07, 6.45) is 0. The predicted molar refractivity (Wildman–Crippen MR) is 66.0 cm³/mol. The molecule has 0 amide bonds. The van der Waals surface area contributed by atoms with E-state index in [1.165, 1.54) is 20.3 Å². The SMILES string of the molecule is COCCNS(=O)(=O)Nc1nc(Cl)cc(OC)n1. The molecule has 1 heterocycles. The molecule has 18 heavy (non-hydrogen) atoms. The normalized spacial score (nSPS) is 11.3. The third-order valence-electron chi connectivity index (χ3n) is 1.70. The molecule has 0 bridgehead atoms. The highest BCUT2D eigenvalue weighted by atomic mass is 35.5. The van der Waals surface area contributed by atoms with Crippen molar-refractivity contribution in [1.29, 1.82) is 0 Å². The van der Waals surface area contributed by atoms with Gasteiger partial charge in [-0.05, 0) is 0 Å². The summed E-state index contributed by atoms with van der Waals surface area (Å²) in [5.41, 5.74) is 0. The molecule has 1 aromatic heterocycles. The Morgan fingerprint density at radius 2 is 2.11 bits per heavy atom. The van der Waals surface area contributed by atoms with Crippen LogP contribution in [0, 0.1) is 0 Å². The second-order valence-electron chi connectivity index (χ2n) is 3.05. The minimum Gasteiger partial charge on any atom is -0.481 e. The molecule has 0 radical (unpaired) electrons. The number of nitrogens with zero attached hydrogens (tertiary/aromatic N) is 2. The van der Waals surface area contributed by atoms with E-state index in [0.717, 1.165) is 0 Å². The number of anilines is 1. The Labute approximate surface area is 110 Å². The molecule has 102 valence electrons. The van der Waals surface area contributed by atoms with Crippen molar-refractivity contribution in [1.82, 2.24) is 14.7 Å². The second kappa shape index (κ2) is 6.69. The highest BCUT2D eigenvalue weighted by Crippen LogP contribution is 2.16. The first-order valence-corrected chi connectivity index (χ1v) is 6.68. The first kappa shape index (κ1) is 14.9. The lowest BCUT2D eigenvalue weighted by Gasteiger charge is -2.08. The van der Waals surface area contributed by atoms with Gasteiger partial charge < -0.3 is 9.47 Å². The smallest absolute Gasteiger partial charge is 0.301 e. The molecule has 1 aromatic rings. The molecular formula is C8H13ClN4O4S. The van der Waals surface area contributed by atoms with Crippen molar-refractivity contribution in [3.8, 4) is 5.88 Å². The van der Waals surface area contributed by atoms with Crippen molar-refractivity contribution in [2.75, 3.05) is 32.1 Å². The molecule has 0 saturated heterocycles. The van der Waals surface area contributed by atoms with E-state index in [1.807, 2.05) is 0 Å². The van der Waals surface area contributed by atoms with Gasteiger partial charge in [-0.1, -0.05) is 11.6 Å². The predicted octanol–water partition coefficient (Wildman–Crippen LogP) is 0.0313. The number of rotatable bonds is 7. The van der Waals surface area contributed by atoms with E-state index in [-0.39, 0.29) is 30.1 Å². The summed E-state index contributed by atoms with van der Waals surface area (Å²) in [6, 6.07) is 1.36. The van der Waals surface area contributed by atoms with Gasteiger partial charge in [0.2, 0.25) is 11.8 Å². The van der Waals surface area contributed by atoms with Crippen LogP contribution in [0.5, 0.6) is 5.88 Å². The highest BCUT2D eigenvalue weighted by Gasteiger charge is 2.12. The zero-order valence-electron chi connectivity index (χ0n) is 9.81. The van der Waals surface area contributed by atoms with E-state index in [4.69, 9.17) is 21.1 Å². The van der Waals surface area contributed by atoms with E-state index in [0.29, 0.717) is 0 Å². The molecule has 0 saturated carbocycles. The average molecular weight is 297 g/mol. The average Bonchev–Trinajstić information content (AvgIpc) is 2.27. The van der Waals surface area contributed by atoms with Crippen molar-refractivity contribution in [3.05, 3.63) is 11.2 Å². The van der Waals surface area contributed by atoms with Gasteiger partial charge in [-0.2, -0.15) is 18.1 Å². The second-order valence-corrected chi connectivity index (χ2v) is 4.94. The lowest BCUT2D eigenvalue weighted by molar-refractivity contribution is 0.204. The number of aromatic nitrogens is 2. The van der Waals surface area contributed by atoms with E-state index in [9.17, 15) is 8.42 Å². The Morgan fingerprint density at radius 1 is 1.39 bits per heavy atom. The monoisotopic (exact) mass is 296 g/mol. The lowest BCUT2D eigenvalue weighted by Crippen LogP contribution is -2.33. The van der Waals surface area contributed by atoms with Crippen LogP contribution in [-0.4, -0.2) is 45.8 Å². The Balaban J connectivity index is 2.74. The fourth-order valence-corrected chi connectivity index (χ4v) is 1.91. The number of methoxy groups -OCH3 is 2. The summed E-state index contributed by atoms with van der Waals surface area (Å²) >= 11 is 5.68. The van der Waals surface area contributed by atoms with Gasteiger partial charge in [0.15, 0.2) is 0 Å². The summed E-state index contributed by atoms with van der Waals surface area (Å²) in [7, 11) is -0.920. The molecule has 0 aliphatic carbocycles. The minimum absolute atomic E-state index is 0.0661. The van der Waals surface area contributed by atoms with Crippen LogP contribution < -0.4 is 14.2 Å². The molecule has 2 N–H and O–H groups in total. The topological polar surface area (TPSA) is 102 Å². The number of halogens is 1. The van der Waals surface area contributed by atoms with Gasteiger partial charge in [-0.25, -0.2) is 9.71 Å². The minimum atomic E-state index is -3.77. The van der Waals surface area contributed by atoms with Gasteiger partial charge in [-0.15, -0.1) is 0 Å². The molecule has 1 rings (SSSR count). The van der Waals surface area contributed by atoms with Gasteiger partial charge in [0, 0.05) is 19.7 Å². The van der Waals surface area contributed by atoms with E-state index < -0.39 is 10.2 Å². The molecule has 0 aliphatic heterocycles. The van der Waals surface area contributed by atoms with Crippen LogP contribution in [0.3, 0.4) is 0 Å². The quantitative estimate of drug-likeness (QED) is 0.544. The van der Waals surface area contributed by atoms with Gasteiger partial charge in [-0.3, -0.25) is 0 Å². The van der Waals surface area contributed by atoms with E-state index in [2.05, 4.69) is 19.4 Å². The molecule has 10 heteroatoms. The summed E-state index contributed by atoms with van der Waals surface area (Å²) in [4.78, 5) is 7.49. The molecule has 0 aromatic carbocycles. The van der Waals surface area contributed by atoms with Crippen molar-refractivity contribution >= 4 is 27.8 Å². The zero-order chi connectivity index (χ0) is 13.6. The van der Waals surface area contributed by atoms with Crippen LogP contribution in [-0.2, 0) is 14.9 Å².